The Morgan fingerprint density at radius 2 is 1.93 bits per heavy atom. The highest BCUT2D eigenvalue weighted by Crippen LogP contribution is 2.35. The first-order valence-corrected chi connectivity index (χ1v) is 9.97. The maximum absolute atomic E-state index is 13.4. The van der Waals surface area contributed by atoms with Gasteiger partial charge < -0.3 is 4.90 Å². The van der Waals surface area contributed by atoms with E-state index in [0.29, 0.717) is 10.4 Å². The zero-order valence-electron chi connectivity index (χ0n) is 15.3. The number of rotatable bonds is 3. The van der Waals surface area contributed by atoms with Crippen molar-refractivity contribution in [1.29, 1.82) is 0 Å². The largest absolute Gasteiger partial charge is 0.416 e. The van der Waals surface area contributed by atoms with Gasteiger partial charge in [0.15, 0.2) is 0 Å². The van der Waals surface area contributed by atoms with Crippen molar-refractivity contribution >= 4 is 27.4 Å². The van der Waals surface area contributed by atoms with Crippen molar-refractivity contribution in [1.82, 2.24) is 9.97 Å². The van der Waals surface area contributed by atoms with E-state index >= 15 is 0 Å². The van der Waals surface area contributed by atoms with E-state index < -0.39 is 51.1 Å². The average molecular weight is 432 g/mol. The average Bonchev–Trinajstić information content (AvgIpc) is 2.94. The van der Waals surface area contributed by atoms with Crippen molar-refractivity contribution in [2.24, 2.45) is 0 Å². The summed E-state index contributed by atoms with van der Waals surface area (Å²) in [5.74, 6) is -2.36. The van der Waals surface area contributed by atoms with Gasteiger partial charge in [0.25, 0.3) is 5.91 Å². The third kappa shape index (κ3) is 4.16. The molecule has 0 radical (unpaired) electrons. The number of alkyl halides is 3. The molecular weight excluding hydrogens is 416 g/mol. The summed E-state index contributed by atoms with van der Waals surface area (Å²) in [6, 6.07) is 1.10. The van der Waals surface area contributed by atoms with E-state index in [1.807, 2.05) is 0 Å². The highest BCUT2D eigenvalue weighted by Gasteiger charge is 2.44. The zero-order valence-corrected chi connectivity index (χ0v) is 16.1. The fraction of sp³-hybridized carbons (Fsp3) is 0.353. The molecule has 12 heteroatoms. The van der Waals surface area contributed by atoms with Crippen LogP contribution in [0.2, 0.25) is 0 Å². The molecule has 7 nitrogen and oxygen atoms in total. The number of aromatic nitrogens is 2. The Morgan fingerprint density at radius 3 is 2.55 bits per heavy atom. The molecule has 156 valence electrons. The van der Waals surface area contributed by atoms with E-state index in [4.69, 9.17) is 0 Å². The van der Waals surface area contributed by atoms with Gasteiger partial charge in [0.1, 0.15) is 17.7 Å². The minimum atomic E-state index is -4.71. The molecule has 3 rings (SSSR count). The molecule has 1 aliphatic heterocycles. The highest BCUT2D eigenvalue weighted by atomic mass is 32.2. The maximum Gasteiger partial charge on any atom is 0.416 e. The van der Waals surface area contributed by atoms with Crippen LogP contribution in [0.5, 0.6) is 0 Å². The van der Waals surface area contributed by atoms with Crippen LogP contribution in [0, 0.1) is 12.7 Å². The monoisotopic (exact) mass is 432 g/mol. The molecule has 0 bridgehead atoms. The van der Waals surface area contributed by atoms with Crippen LogP contribution in [-0.4, -0.2) is 43.1 Å². The maximum atomic E-state index is 13.4. The van der Waals surface area contributed by atoms with Crippen LogP contribution in [0.15, 0.2) is 30.6 Å². The van der Waals surface area contributed by atoms with Gasteiger partial charge in [0.2, 0.25) is 10.0 Å². The highest BCUT2D eigenvalue weighted by molar-refractivity contribution is 7.93. The smallest absolute Gasteiger partial charge is 0.312 e. The van der Waals surface area contributed by atoms with Gasteiger partial charge in [-0.25, -0.2) is 22.1 Å². The van der Waals surface area contributed by atoms with Gasteiger partial charge in [0, 0.05) is 18.8 Å². The second kappa shape index (κ2) is 7.25. The first kappa shape index (κ1) is 21.0. The van der Waals surface area contributed by atoms with E-state index in [1.165, 1.54) is 20.2 Å². The SMILES string of the molecule is Cc1cc(C(F)(F)F)cc(N2[C@H](C(=O)N(C)c3cncc(F)c3)CCS2(=O)=O)n1. The normalized spacial score (nSPS) is 18.7. The van der Waals surface area contributed by atoms with Gasteiger partial charge in [-0.3, -0.25) is 9.78 Å². The van der Waals surface area contributed by atoms with Crippen LogP contribution in [-0.2, 0) is 21.0 Å². The van der Waals surface area contributed by atoms with Crippen LogP contribution < -0.4 is 9.21 Å². The number of carbonyl (C=O) groups is 1. The van der Waals surface area contributed by atoms with Gasteiger partial charge in [-0.05, 0) is 25.5 Å². The second-order valence-electron chi connectivity index (χ2n) is 6.53. The summed E-state index contributed by atoms with van der Waals surface area (Å²) in [6.07, 6.45) is -2.72. The molecule has 2 aromatic rings. The van der Waals surface area contributed by atoms with Crippen molar-refractivity contribution in [3.05, 3.63) is 47.7 Å². The Bertz CT molecular complexity index is 1060. The lowest BCUT2D eigenvalue weighted by Gasteiger charge is -2.28. The first-order chi connectivity index (χ1) is 13.4. The van der Waals surface area contributed by atoms with E-state index in [9.17, 15) is 30.8 Å². The van der Waals surface area contributed by atoms with Crippen molar-refractivity contribution in [2.75, 3.05) is 22.0 Å². The summed E-state index contributed by atoms with van der Waals surface area (Å²) in [7, 11) is -2.77. The number of amides is 1. The Kier molecular flexibility index (Phi) is 5.24. The summed E-state index contributed by atoms with van der Waals surface area (Å²) in [6.45, 7) is 1.29. The van der Waals surface area contributed by atoms with Gasteiger partial charge in [-0.2, -0.15) is 13.2 Å². The molecule has 0 aromatic carbocycles. The molecule has 3 heterocycles. The molecule has 0 spiro atoms. The van der Waals surface area contributed by atoms with Gasteiger partial charge in [-0.15, -0.1) is 0 Å². The number of pyridine rings is 2. The second-order valence-corrected chi connectivity index (χ2v) is 8.49. The standard InChI is InChI=1S/C17H16F4N4O3S/c1-10-5-11(17(19,20)21)6-15(23-10)25-14(3-4-29(25,27)28)16(26)24(2)13-7-12(18)8-22-9-13/h5-9,14H,3-4H2,1-2H3/t14-/m0/s1. The number of nitrogens with zero attached hydrogens (tertiary/aromatic N) is 4. The minimum Gasteiger partial charge on any atom is -0.312 e. The van der Waals surface area contributed by atoms with Crippen molar-refractivity contribution in [3.8, 4) is 0 Å². The third-order valence-corrected chi connectivity index (χ3v) is 6.21. The van der Waals surface area contributed by atoms with Gasteiger partial charge in [-0.1, -0.05) is 0 Å². The number of anilines is 2. The number of halogens is 4. The van der Waals surface area contributed by atoms with E-state index in [2.05, 4.69) is 9.97 Å². The van der Waals surface area contributed by atoms with Crippen LogP contribution >= 0.6 is 0 Å². The molecule has 1 atom stereocenters. The lowest BCUT2D eigenvalue weighted by atomic mass is 10.1. The first-order valence-electron chi connectivity index (χ1n) is 8.36. The Labute approximate surface area is 164 Å². The molecule has 29 heavy (non-hydrogen) atoms. The summed E-state index contributed by atoms with van der Waals surface area (Å²) in [5.41, 5.74) is -1.05. The number of carbonyl (C=O) groups excluding carboxylic acids is 1. The predicted molar refractivity (Wildman–Crippen MR) is 96.3 cm³/mol. The molecule has 0 N–H and O–H groups in total. The van der Waals surface area contributed by atoms with Gasteiger partial charge >= 0.3 is 6.18 Å². The van der Waals surface area contributed by atoms with Crippen LogP contribution in [0.1, 0.15) is 17.7 Å². The Balaban J connectivity index is 2.03. The summed E-state index contributed by atoms with van der Waals surface area (Å²) in [5, 5.41) is 0. The molecule has 0 aliphatic carbocycles. The molecule has 1 saturated heterocycles. The molecule has 1 aliphatic rings. The molecule has 1 fully saturated rings. The number of hydrogen-bond acceptors (Lipinski definition) is 5. The summed E-state index contributed by atoms with van der Waals surface area (Å²) < 4.78 is 78.5. The molecule has 0 saturated carbocycles. The third-order valence-electron chi connectivity index (χ3n) is 4.42. The Hall–Kier alpha value is -2.76. The molecule has 2 aromatic heterocycles. The van der Waals surface area contributed by atoms with Crippen LogP contribution in [0.25, 0.3) is 0 Å². The predicted octanol–water partition coefficient (Wildman–Crippen LogP) is 2.51. The quantitative estimate of drug-likeness (QED) is 0.696. The topological polar surface area (TPSA) is 83.5 Å². The molecular formula is C17H16F4N4O3S. The summed E-state index contributed by atoms with van der Waals surface area (Å²) in [4.78, 5) is 21.5. The van der Waals surface area contributed by atoms with E-state index in [-0.39, 0.29) is 17.8 Å². The summed E-state index contributed by atoms with van der Waals surface area (Å²) >= 11 is 0. The van der Waals surface area contributed by atoms with Crippen molar-refractivity contribution < 1.29 is 30.8 Å². The number of hydrogen-bond donors (Lipinski definition) is 0. The van der Waals surface area contributed by atoms with Crippen LogP contribution in [0.3, 0.4) is 0 Å². The zero-order chi connectivity index (χ0) is 21.6. The fourth-order valence-corrected chi connectivity index (χ4v) is 4.74. The van der Waals surface area contributed by atoms with E-state index in [0.717, 1.165) is 23.2 Å². The minimum absolute atomic E-state index is 0.0502. The molecule has 1 amide bonds. The molecule has 0 unspecified atom stereocenters. The number of aryl methyl sites for hydroxylation is 1. The lowest BCUT2D eigenvalue weighted by molar-refractivity contribution is -0.137. The van der Waals surface area contributed by atoms with E-state index in [1.54, 1.807) is 0 Å². The number of likely N-dealkylation sites (N-methyl/N-ethyl adjacent to an activating group) is 1. The van der Waals surface area contributed by atoms with Crippen molar-refractivity contribution in [2.45, 2.75) is 25.6 Å². The number of sulfonamides is 1. The van der Waals surface area contributed by atoms with Crippen LogP contribution in [0.4, 0.5) is 29.1 Å². The lowest BCUT2D eigenvalue weighted by Crippen LogP contribution is -2.46. The Morgan fingerprint density at radius 1 is 1.24 bits per heavy atom. The fourth-order valence-electron chi connectivity index (χ4n) is 3.06. The van der Waals surface area contributed by atoms with Gasteiger partial charge in [0.05, 0.1) is 29.4 Å². The van der Waals surface area contributed by atoms with Crippen molar-refractivity contribution in [3.63, 3.8) is 0 Å².